The molecule has 1 aliphatic rings. The third kappa shape index (κ3) is 3.49. The highest BCUT2D eigenvalue weighted by Gasteiger charge is 2.37. The number of β-lactam (4-membered cyclic amide) rings is 1. The molecule has 1 heterocycles. The average molecular weight is 257 g/mol. The fourth-order valence-electron chi connectivity index (χ4n) is 1.63. The second-order valence-electron chi connectivity index (χ2n) is 4.13. The monoisotopic (exact) mass is 257 g/mol. The molecule has 5 heteroatoms. The Morgan fingerprint density at radius 1 is 1.65 bits per heavy atom. The Kier molecular flexibility index (Phi) is 5.55. The highest BCUT2D eigenvalue weighted by atomic mass is 32.1. The van der Waals surface area contributed by atoms with E-state index in [0.717, 1.165) is 18.4 Å². The molecular weight excluding hydrogens is 238 g/mol. The van der Waals surface area contributed by atoms with E-state index in [1.54, 1.807) is 12.3 Å². The van der Waals surface area contributed by atoms with Crippen LogP contribution in [0.25, 0.3) is 0 Å². The summed E-state index contributed by atoms with van der Waals surface area (Å²) in [6.45, 7) is 4.84. The Balaban J connectivity index is 2.63. The number of hydrogen-bond acceptors (Lipinski definition) is 4. The van der Waals surface area contributed by atoms with E-state index in [-0.39, 0.29) is 11.9 Å². The molecule has 1 saturated heterocycles. The lowest BCUT2D eigenvalue weighted by Gasteiger charge is -2.37. The smallest absolute Gasteiger partial charge is 0.333 e. The largest absolute Gasteiger partial charge is 0.464 e. The van der Waals surface area contributed by atoms with Crippen molar-refractivity contribution in [3.05, 3.63) is 11.0 Å². The number of carbonyl (C=O) groups excluding carboxylic acids is 2. The van der Waals surface area contributed by atoms with E-state index in [1.165, 1.54) is 4.90 Å². The maximum Gasteiger partial charge on any atom is 0.333 e. The molecule has 1 rings (SSSR count). The van der Waals surface area contributed by atoms with Gasteiger partial charge in [-0.2, -0.15) is 12.6 Å². The van der Waals surface area contributed by atoms with E-state index in [9.17, 15) is 9.59 Å². The van der Waals surface area contributed by atoms with E-state index in [1.807, 2.05) is 6.92 Å². The number of nitrogens with zero attached hydrogens (tertiary/aromatic N) is 1. The van der Waals surface area contributed by atoms with E-state index < -0.39 is 6.04 Å². The van der Waals surface area contributed by atoms with Gasteiger partial charge in [0.05, 0.1) is 6.61 Å². The summed E-state index contributed by atoms with van der Waals surface area (Å²) < 4.78 is 5.17. The maximum absolute atomic E-state index is 11.9. The first-order valence-corrected chi connectivity index (χ1v) is 6.40. The molecule has 0 aromatic rings. The van der Waals surface area contributed by atoms with Gasteiger partial charge in [-0.15, -0.1) is 0 Å². The predicted molar refractivity (Wildman–Crippen MR) is 68.7 cm³/mol. The quantitative estimate of drug-likeness (QED) is 0.341. The van der Waals surface area contributed by atoms with Crippen LogP contribution in [0.1, 0.15) is 33.1 Å². The number of likely N-dealkylation sites (tertiary alicyclic amines) is 1. The minimum absolute atomic E-state index is 0.00280. The van der Waals surface area contributed by atoms with Crippen LogP contribution in [-0.4, -0.2) is 36.0 Å². The average Bonchev–Trinajstić information content (AvgIpc) is 2.32. The van der Waals surface area contributed by atoms with Gasteiger partial charge in [-0.1, -0.05) is 13.3 Å². The minimum Gasteiger partial charge on any atom is -0.464 e. The van der Waals surface area contributed by atoms with Crippen molar-refractivity contribution in [2.45, 2.75) is 39.2 Å². The Morgan fingerprint density at radius 2 is 2.35 bits per heavy atom. The number of thiol groups is 1. The molecule has 0 N–H and O–H groups in total. The molecule has 0 aliphatic carbocycles. The van der Waals surface area contributed by atoms with Gasteiger partial charge < -0.3 is 9.64 Å². The second-order valence-corrected chi connectivity index (χ2v) is 4.39. The first-order chi connectivity index (χ1) is 8.11. The molecule has 0 saturated carbocycles. The number of rotatable bonds is 6. The van der Waals surface area contributed by atoms with Crippen LogP contribution in [0, 0.1) is 0 Å². The molecule has 1 amide bonds. The molecule has 1 unspecified atom stereocenters. The zero-order valence-corrected chi connectivity index (χ0v) is 11.2. The zero-order valence-electron chi connectivity index (χ0n) is 10.3. The first-order valence-electron chi connectivity index (χ1n) is 5.88. The highest BCUT2D eigenvalue weighted by molar-refractivity contribution is 7.83. The van der Waals surface area contributed by atoms with Gasteiger partial charge in [0.25, 0.3) is 0 Å². The molecule has 17 heavy (non-hydrogen) atoms. The van der Waals surface area contributed by atoms with Crippen molar-refractivity contribution in [3.8, 4) is 0 Å². The van der Waals surface area contributed by atoms with Crippen LogP contribution in [0.15, 0.2) is 11.0 Å². The van der Waals surface area contributed by atoms with Crippen LogP contribution in [0.4, 0.5) is 0 Å². The summed E-state index contributed by atoms with van der Waals surface area (Å²) in [7, 11) is 0. The van der Waals surface area contributed by atoms with Crippen LogP contribution in [0.2, 0.25) is 0 Å². The van der Waals surface area contributed by atoms with Crippen LogP contribution in [0.5, 0.6) is 0 Å². The summed E-state index contributed by atoms with van der Waals surface area (Å²) in [4.78, 5) is 24.8. The van der Waals surface area contributed by atoms with Crippen LogP contribution in [-0.2, 0) is 14.3 Å². The molecule has 1 aliphatic heterocycles. The summed E-state index contributed by atoms with van der Waals surface area (Å²) in [5.41, 5.74) is 0.739. The third-order valence-corrected chi connectivity index (χ3v) is 3.21. The van der Waals surface area contributed by atoms with E-state index >= 15 is 0 Å². The topological polar surface area (TPSA) is 46.6 Å². The van der Waals surface area contributed by atoms with Crippen molar-refractivity contribution in [1.82, 2.24) is 4.90 Å². The standard InChI is InChI=1S/C12H19NO3S/c1-3-4-7-16-12(15)11(9(2)8-17)13-6-5-10(13)14/h8,11,17H,3-7H2,1-2H3/b9-8-. The molecule has 4 nitrogen and oxygen atoms in total. The Labute approximate surface area is 107 Å². The van der Waals surface area contributed by atoms with Crippen molar-refractivity contribution in [2.24, 2.45) is 0 Å². The van der Waals surface area contributed by atoms with Crippen LogP contribution >= 0.6 is 12.6 Å². The number of ether oxygens (including phenoxy) is 1. The summed E-state index contributed by atoms with van der Waals surface area (Å²) in [6.07, 6.45) is 2.33. The molecule has 0 aromatic carbocycles. The van der Waals surface area contributed by atoms with E-state index in [2.05, 4.69) is 12.6 Å². The summed E-state index contributed by atoms with van der Waals surface area (Å²) in [5.74, 6) is -0.355. The van der Waals surface area contributed by atoms with Gasteiger partial charge in [-0.25, -0.2) is 4.79 Å². The molecule has 0 spiro atoms. The maximum atomic E-state index is 11.9. The van der Waals surface area contributed by atoms with Crippen molar-refractivity contribution in [2.75, 3.05) is 13.2 Å². The van der Waals surface area contributed by atoms with Gasteiger partial charge in [-0.05, 0) is 24.3 Å². The number of esters is 1. The molecule has 1 fully saturated rings. The van der Waals surface area contributed by atoms with Gasteiger partial charge in [0.15, 0.2) is 6.04 Å². The molecule has 0 aromatic heterocycles. The SMILES string of the molecule is CCCCOC(=O)C(/C(C)=C\S)N1CCC1=O. The molecule has 0 radical (unpaired) electrons. The Hall–Kier alpha value is -0.970. The van der Waals surface area contributed by atoms with E-state index in [0.29, 0.717) is 19.6 Å². The first kappa shape index (κ1) is 14.1. The normalized spacial score (nSPS) is 17.7. The van der Waals surface area contributed by atoms with Gasteiger partial charge in [0.2, 0.25) is 5.91 Å². The van der Waals surface area contributed by atoms with Gasteiger partial charge >= 0.3 is 5.97 Å². The Bertz CT molecular complexity index is 328. The molecular formula is C12H19NO3S. The summed E-state index contributed by atoms with van der Waals surface area (Å²) in [5, 5.41) is 1.55. The van der Waals surface area contributed by atoms with Gasteiger partial charge in [0.1, 0.15) is 0 Å². The summed E-state index contributed by atoms with van der Waals surface area (Å²) in [6, 6.07) is -0.592. The highest BCUT2D eigenvalue weighted by Crippen LogP contribution is 2.20. The zero-order chi connectivity index (χ0) is 12.8. The third-order valence-electron chi connectivity index (χ3n) is 2.80. The number of carbonyl (C=O) groups is 2. The lowest BCUT2D eigenvalue weighted by atomic mass is 10.0. The van der Waals surface area contributed by atoms with Crippen molar-refractivity contribution in [1.29, 1.82) is 0 Å². The fourth-order valence-corrected chi connectivity index (χ4v) is 1.77. The number of unbranched alkanes of at least 4 members (excludes halogenated alkanes) is 1. The second kappa shape index (κ2) is 6.69. The Morgan fingerprint density at radius 3 is 2.76 bits per heavy atom. The van der Waals surface area contributed by atoms with Crippen molar-refractivity contribution >= 4 is 24.5 Å². The fraction of sp³-hybridized carbons (Fsp3) is 0.667. The summed E-state index contributed by atoms with van der Waals surface area (Å²) >= 11 is 4.04. The van der Waals surface area contributed by atoms with Crippen molar-refractivity contribution in [3.63, 3.8) is 0 Å². The number of amides is 1. The van der Waals surface area contributed by atoms with Crippen molar-refractivity contribution < 1.29 is 14.3 Å². The van der Waals surface area contributed by atoms with Crippen LogP contribution in [0.3, 0.4) is 0 Å². The van der Waals surface area contributed by atoms with E-state index in [4.69, 9.17) is 4.74 Å². The molecule has 0 bridgehead atoms. The molecule has 96 valence electrons. The lowest BCUT2D eigenvalue weighted by molar-refractivity contribution is -0.158. The van der Waals surface area contributed by atoms with Gasteiger partial charge in [-0.3, -0.25) is 4.79 Å². The lowest BCUT2D eigenvalue weighted by Crippen LogP contribution is -2.54. The predicted octanol–water partition coefficient (Wildman–Crippen LogP) is 1.76. The van der Waals surface area contributed by atoms with Crippen LogP contribution < -0.4 is 0 Å². The van der Waals surface area contributed by atoms with Gasteiger partial charge in [0, 0.05) is 13.0 Å². The minimum atomic E-state index is -0.592. The number of hydrogen-bond donors (Lipinski definition) is 1. The molecule has 1 atom stereocenters.